The third-order valence-electron chi connectivity index (χ3n) is 4.68. The minimum atomic E-state index is -0.408. The zero-order chi connectivity index (χ0) is 17.3. The first-order valence-electron chi connectivity index (χ1n) is 8.33. The lowest BCUT2D eigenvalue weighted by Crippen LogP contribution is -2.42. The molecule has 1 fully saturated rings. The van der Waals surface area contributed by atoms with E-state index in [1.807, 2.05) is 13.8 Å². The largest absolute Gasteiger partial charge is 0.424 e. The Hall–Kier alpha value is -1.77. The summed E-state index contributed by atoms with van der Waals surface area (Å²) in [6, 6.07) is 0.0441. The number of aliphatic hydroxyl groups excluding tert-OH is 1. The molecule has 3 rings (SSSR count). The smallest absolute Gasteiger partial charge is 0.230 e. The summed E-state index contributed by atoms with van der Waals surface area (Å²) in [5.74, 6) is 2.00. The average Bonchev–Trinajstić information content (AvgIpc) is 3.21. The topological polar surface area (TPSA) is 91.7 Å². The molecule has 132 valence electrons. The summed E-state index contributed by atoms with van der Waals surface area (Å²) in [5, 5.41) is 22.5. The molecule has 0 amide bonds. The van der Waals surface area contributed by atoms with Crippen LogP contribution in [0.25, 0.3) is 0 Å². The molecule has 0 unspecified atom stereocenters. The van der Waals surface area contributed by atoms with Crippen LogP contribution in [0.1, 0.15) is 35.7 Å². The Morgan fingerprint density at radius 1 is 1.25 bits per heavy atom. The number of aliphatic hydroxyl groups is 1. The Balaban J connectivity index is 1.65. The summed E-state index contributed by atoms with van der Waals surface area (Å²) in [4.78, 5) is 4.43. The zero-order valence-electron chi connectivity index (χ0n) is 14.7. The Bertz CT molecular complexity index is 664. The Morgan fingerprint density at radius 2 is 2.04 bits per heavy atom. The van der Waals surface area contributed by atoms with Gasteiger partial charge in [0.1, 0.15) is 5.76 Å². The highest BCUT2D eigenvalue weighted by molar-refractivity contribution is 5.20. The SMILES string of the molecule is CCN(Cc1nnc(C)o1)[C@H]1CN(Cc2c(C)noc2C)C[C@H]1O. The number of rotatable bonds is 6. The van der Waals surface area contributed by atoms with E-state index in [-0.39, 0.29) is 6.04 Å². The van der Waals surface area contributed by atoms with Crippen LogP contribution in [0, 0.1) is 20.8 Å². The molecule has 3 heterocycles. The fraction of sp³-hybridized carbons (Fsp3) is 0.688. The van der Waals surface area contributed by atoms with Gasteiger partial charge in [0, 0.05) is 32.1 Å². The van der Waals surface area contributed by atoms with E-state index in [0.29, 0.717) is 24.9 Å². The molecule has 0 bridgehead atoms. The van der Waals surface area contributed by atoms with Crippen molar-refractivity contribution in [2.75, 3.05) is 19.6 Å². The lowest BCUT2D eigenvalue weighted by atomic mass is 10.2. The molecule has 2 atom stereocenters. The van der Waals surface area contributed by atoms with Crippen molar-refractivity contribution in [2.24, 2.45) is 0 Å². The second-order valence-electron chi connectivity index (χ2n) is 6.41. The van der Waals surface area contributed by atoms with Crippen molar-refractivity contribution in [3.63, 3.8) is 0 Å². The Morgan fingerprint density at radius 3 is 2.62 bits per heavy atom. The van der Waals surface area contributed by atoms with Gasteiger partial charge in [-0.3, -0.25) is 9.80 Å². The molecule has 0 spiro atoms. The summed E-state index contributed by atoms with van der Waals surface area (Å²) in [5.41, 5.74) is 2.03. The van der Waals surface area contributed by atoms with E-state index < -0.39 is 6.10 Å². The van der Waals surface area contributed by atoms with Crippen LogP contribution in [-0.4, -0.2) is 62.0 Å². The number of hydrogen-bond acceptors (Lipinski definition) is 8. The van der Waals surface area contributed by atoms with E-state index in [1.165, 1.54) is 0 Å². The minimum Gasteiger partial charge on any atom is -0.424 e. The van der Waals surface area contributed by atoms with E-state index >= 15 is 0 Å². The number of aryl methyl sites for hydroxylation is 3. The van der Waals surface area contributed by atoms with Gasteiger partial charge in [0.25, 0.3) is 0 Å². The van der Waals surface area contributed by atoms with Gasteiger partial charge < -0.3 is 14.0 Å². The normalized spacial score (nSPS) is 21.9. The molecule has 0 saturated carbocycles. The number of hydrogen-bond donors (Lipinski definition) is 1. The molecule has 0 aliphatic carbocycles. The van der Waals surface area contributed by atoms with Crippen LogP contribution >= 0.6 is 0 Å². The zero-order valence-corrected chi connectivity index (χ0v) is 14.7. The molecule has 1 saturated heterocycles. The van der Waals surface area contributed by atoms with Gasteiger partial charge in [0.2, 0.25) is 11.8 Å². The lowest BCUT2D eigenvalue weighted by molar-refractivity contribution is 0.0760. The van der Waals surface area contributed by atoms with Crippen molar-refractivity contribution in [3.8, 4) is 0 Å². The van der Waals surface area contributed by atoms with Crippen LogP contribution in [-0.2, 0) is 13.1 Å². The second-order valence-corrected chi connectivity index (χ2v) is 6.41. The van der Waals surface area contributed by atoms with Crippen LogP contribution in [0.3, 0.4) is 0 Å². The van der Waals surface area contributed by atoms with Gasteiger partial charge in [0.15, 0.2) is 0 Å². The molecule has 1 aliphatic heterocycles. The highest BCUT2D eigenvalue weighted by Gasteiger charge is 2.36. The first-order chi connectivity index (χ1) is 11.5. The molecule has 8 heteroatoms. The molecule has 24 heavy (non-hydrogen) atoms. The molecule has 0 aromatic carbocycles. The number of likely N-dealkylation sites (tertiary alicyclic amines) is 1. The second kappa shape index (κ2) is 7.00. The standard InChI is InChI=1S/C16H25N5O3/c1-5-21(9-16-18-17-12(4)23-16)14-7-20(8-15(14)22)6-13-10(2)19-24-11(13)3/h14-15,22H,5-9H2,1-4H3/t14-,15+/m0/s1. The van der Waals surface area contributed by atoms with E-state index in [0.717, 1.165) is 36.7 Å². The highest BCUT2D eigenvalue weighted by Crippen LogP contribution is 2.22. The monoisotopic (exact) mass is 335 g/mol. The first kappa shape index (κ1) is 17.1. The van der Waals surface area contributed by atoms with Crippen molar-refractivity contribution in [1.82, 2.24) is 25.2 Å². The Labute approximate surface area is 141 Å². The van der Waals surface area contributed by atoms with Crippen molar-refractivity contribution in [1.29, 1.82) is 0 Å². The number of nitrogens with zero attached hydrogens (tertiary/aromatic N) is 5. The van der Waals surface area contributed by atoms with Gasteiger partial charge in [-0.1, -0.05) is 12.1 Å². The predicted octanol–water partition coefficient (Wildman–Crippen LogP) is 1.05. The third-order valence-corrected chi connectivity index (χ3v) is 4.68. The van der Waals surface area contributed by atoms with E-state index in [9.17, 15) is 5.11 Å². The molecule has 2 aromatic heterocycles. The predicted molar refractivity (Wildman–Crippen MR) is 86.2 cm³/mol. The fourth-order valence-electron chi connectivity index (χ4n) is 3.32. The number of likely N-dealkylation sites (N-methyl/N-ethyl adjacent to an activating group) is 1. The molecule has 8 nitrogen and oxygen atoms in total. The number of β-amino-alcohol motifs (C(OH)–C–C–N with tert-alkyl or cyclic N) is 1. The van der Waals surface area contributed by atoms with Crippen molar-refractivity contribution in [3.05, 3.63) is 28.8 Å². The minimum absolute atomic E-state index is 0.0441. The van der Waals surface area contributed by atoms with Gasteiger partial charge >= 0.3 is 0 Å². The van der Waals surface area contributed by atoms with Gasteiger partial charge in [-0.25, -0.2) is 0 Å². The van der Waals surface area contributed by atoms with Crippen LogP contribution in [0.2, 0.25) is 0 Å². The highest BCUT2D eigenvalue weighted by atomic mass is 16.5. The van der Waals surface area contributed by atoms with E-state index in [1.54, 1.807) is 6.92 Å². The molecule has 1 aliphatic rings. The van der Waals surface area contributed by atoms with Gasteiger partial charge in [-0.15, -0.1) is 10.2 Å². The van der Waals surface area contributed by atoms with Crippen LogP contribution < -0.4 is 0 Å². The lowest BCUT2D eigenvalue weighted by Gasteiger charge is -2.28. The molecule has 2 aromatic rings. The average molecular weight is 335 g/mol. The summed E-state index contributed by atoms with van der Waals surface area (Å²) >= 11 is 0. The van der Waals surface area contributed by atoms with Crippen LogP contribution in [0.15, 0.2) is 8.94 Å². The van der Waals surface area contributed by atoms with Crippen molar-refractivity contribution >= 4 is 0 Å². The Kier molecular flexibility index (Phi) is 4.98. The summed E-state index contributed by atoms with van der Waals surface area (Å²) in [7, 11) is 0. The van der Waals surface area contributed by atoms with Gasteiger partial charge in [0.05, 0.1) is 24.4 Å². The van der Waals surface area contributed by atoms with Crippen molar-refractivity contribution in [2.45, 2.75) is 52.9 Å². The van der Waals surface area contributed by atoms with E-state index in [4.69, 9.17) is 8.94 Å². The van der Waals surface area contributed by atoms with E-state index in [2.05, 4.69) is 32.1 Å². The van der Waals surface area contributed by atoms with Crippen LogP contribution in [0.4, 0.5) is 0 Å². The maximum Gasteiger partial charge on any atom is 0.230 e. The first-order valence-corrected chi connectivity index (χ1v) is 8.33. The van der Waals surface area contributed by atoms with Gasteiger partial charge in [-0.05, 0) is 20.4 Å². The third kappa shape index (κ3) is 3.50. The number of aromatic nitrogens is 3. The molecule has 0 radical (unpaired) electrons. The molecular weight excluding hydrogens is 310 g/mol. The van der Waals surface area contributed by atoms with Gasteiger partial charge in [-0.2, -0.15) is 0 Å². The fourth-order valence-corrected chi connectivity index (χ4v) is 3.32. The summed E-state index contributed by atoms with van der Waals surface area (Å²) in [6.07, 6.45) is -0.408. The van der Waals surface area contributed by atoms with Crippen LogP contribution in [0.5, 0.6) is 0 Å². The molecule has 1 N–H and O–H groups in total. The summed E-state index contributed by atoms with van der Waals surface area (Å²) in [6.45, 7) is 11.3. The maximum atomic E-state index is 10.5. The summed E-state index contributed by atoms with van der Waals surface area (Å²) < 4.78 is 10.7. The molecular formula is C16H25N5O3. The maximum absolute atomic E-state index is 10.5. The van der Waals surface area contributed by atoms with Crippen molar-refractivity contribution < 1.29 is 14.0 Å². The quantitative estimate of drug-likeness (QED) is 0.837.